The third-order valence-electron chi connectivity index (χ3n) is 4.16. The number of fused-ring (bicyclic) bond motifs is 1. The predicted molar refractivity (Wildman–Crippen MR) is 62.2 cm³/mol. The second-order valence-corrected chi connectivity index (χ2v) is 5.55. The zero-order valence-corrected chi connectivity index (χ0v) is 9.71. The summed E-state index contributed by atoms with van der Waals surface area (Å²) in [5, 5.41) is 0. The van der Waals surface area contributed by atoms with Crippen LogP contribution in [-0.4, -0.2) is 0 Å². The van der Waals surface area contributed by atoms with E-state index in [0.29, 0.717) is 0 Å². The normalized spacial score (nSPS) is 40.4. The van der Waals surface area contributed by atoms with Gasteiger partial charge in [-0.25, -0.2) is 0 Å². The van der Waals surface area contributed by atoms with Crippen molar-refractivity contribution in [1.29, 1.82) is 0 Å². The van der Waals surface area contributed by atoms with Crippen molar-refractivity contribution in [3.8, 4) is 0 Å². The van der Waals surface area contributed by atoms with Crippen molar-refractivity contribution in [2.45, 2.75) is 52.4 Å². The van der Waals surface area contributed by atoms with Gasteiger partial charge in [-0.3, -0.25) is 0 Å². The Morgan fingerprint density at radius 1 is 1.07 bits per heavy atom. The molecule has 0 aromatic carbocycles. The monoisotopic (exact) mass is 192 g/mol. The SMILES string of the molecule is CC(C)C1CCC/C=C/CCC2CC21. The van der Waals surface area contributed by atoms with Crippen LogP contribution in [0.4, 0.5) is 0 Å². The lowest BCUT2D eigenvalue weighted by atomic mass is 9.84. The predicted octanol–water partition coefficient (Wildman–Crippen LogP) is 4.42. The Hall–Kier alpha value is -0.260. The highest BCUT2D eigenvalue weighted by atomic mass is 14.5. The van der Waals surface area contributed by atoms with Crippen LogP contribution < -0.4 is 0 Å². The van der Waals surface area contributed by atoms with E-state index in [1.54, 1.807) is 0 Å². The van der Waals surface area contributed by atoms with Crippen molar-refractivity contribution in [3.63, 3.8) is 0 Å². The van der Waals surface area contributed by atoms with E-state index in [9.17, 15) is 0 Å². The van der Waals surface area contributed by atoms with Crippen LogP contribution in [0.3, 0.4) is 0 Å². The summed E-state index contributed by atoms with van der Waals surface area (Å²) in [5.41, 5.74) is 0. The molecular weight excluding hydrogens is 168 g/mol. The Balaban J connectivity index is 1.94. The Labute approximate surface area is 88.8 Å². The van der Waals surface area contributed by atoms with Gasteiger partial charge in [-0.15, -0.1) is 0 Å². The van der Waals surface area contributed by atoms with Gasteiger partial charge >= 0.3 is 0 Å². The van der Waals surface area contributed by atoms with Crippen molar-refractivity contribution in [2.24, 2.45) is 23.7 Å². The van der Waals surface area contributed by atoms with Gasteiger partial charge in [0.1, 0.15) is 0 Å². The average molecular weight is 192 g/mol. The van der Waals surface area contributed by atoms with Gasteiger partial charge in [0, 0.05) is 0 Å². The molecular formula is C14H24. The highest BCUT2D eigenvalue weighted by Gasteiger charge is 2.42. The fourth-order valence-corrected chi connectivity index (χ4v) is 3.19. The summed E-state index contributed by atoms with van der Waals surface area (Å²) in [7, 11) is 0. The first kappa shape index (κ1) is 10.3. The summed E-state index contributed by atoms with van der Waals surface area (Å²) in [4.78, 5) is 0. The molecule has 0 aliphatic heterocycles. The molecule has 0 aromatic heterocycles. The van der Waals surface area contributed by atoms with Crippen LogP contribution in [0.5, 0.6) is 0 Å². The van der Waals surface area contributed by atoms with Crippen molar-refractivity contribution in [1.82, 2.24) is 0 Å². The molecule has 14 heavy (non-hydrogen) atoms. The zero-order chi connectivity index (χ0) is 9.97. The molecule has 2 aliphatic carbocycles. The molecule has 0 heterocycles. The first-order valence-corrected chi connectivity index (χ1v) is 6.44. The Kier molecular flexibility index (Phi) is 3.30. The minimum absolute atomic E-state index is 0.911. The molecule has 0 aromatic rings. The Morgan fingerprint density at radius 3 is 2.64 bits per heavy atom. The van der Waals surface area contributed by atoms with Crippen LogP contribution in [0.15, 0.2) is 12.2 Å². The fraction of sp³-hybridized carbons (Fsp3) is 0.857. The largest absolute Gasteiger partial charge is 0.0885 e. The van der Waals surface area contributed by atoms with Gasteiger partial charge in [-0.05, 0) is 62.2 Å². The maximum absolute atomic E-state index is 2.42. The van der Waals surface area contributed by atoms with Gasteiger partial charge in [0.25, 0.3) is 0 Å². The van der Waals surface area contributed by atoms with Crippen molar-refractivity contribution >= 4 is 0 Å². The molecule has 1 saturated carbocycles. The number of rotatable bonds is 1. The van der Waals surface area contributed by atoms with Gasteiger partial charge in [0.2, 0.25) is 0 Å². The minimum Gasteiger partial charge on any atom is -0.0885 e. The smallest absolute Gasteiger partial charge is 0.0348 e. The molecule has 0 radical (unpaired) electrons. The van der Waals surface area contributed by atoms with Gasteiger partial charge < -0.3 is 0 Å². The number of hydrogen-bond donors (Lipinski definition) is 0. The van der Waals surface area contributed by atoms with E-state index in [2.05, 4.69) is 26.0 Å². The molecule has 0 saturated heterocycles. The van der Waals surface area contributed by atoms with Crippen LogP contribution in [0.25, 0.3) is 0 Å². The molecule has 1 fully saturated rings. The summed E-state index contributed by atoms with van der Waals surface area (Å²) in [6.45, 7) is 4.84. The lowest BCUT2D eigenvalue weighted by Crippen LogP contribution is -2.12. The van der Waals surface area contributed by atoms with E-state index in [4.69, 9.17) is 0 Å². The molecule has 0 bridgehead atoms. The van der Waals surface area contributed by atoms with E-state index in [1.165, 1.54) is 38.5 Å². The highest BCUT2D eigenvalue weighted by molar-refractivity contribution is 4.95. The minimum atomic E-state index is 0.911. The second-order valence-electron chi connectivity index (χ2n) is 5.55. The van der Waals surface area contributed by atoms with E-state index in [0.717, 1.165) is 23.7 Å². The highest BCUT2D eigenvalue weighted by Crippen LogP contribution is 2.51. The molecule has 2 aliphatic rings. The molecule has 3 atom stereocenters. The summed E-state index contributed by atoms with van der Waals surface area (Å²) in [6.07, 6.45) is 13.4. The second kappa shape index (κ2) is 4.51. The standard InChI is InChI=1S/C14H24/c1-11(2)13-9-7-5-3-4-6-8-12-10-14(12)13/h3-4,11-14H,5-10H2,1-2H3/b4-3+. The summed E-state index contributed by atoms with van der Waals surface area (Å²) < 4.78 is 0. The van der Waals surface area contributed by atoms with Crippen LogP contribution in [-0.2, 0) is 0 Å². The fourth-order valence-electron chi connectivity index (χ4n) is 3.19. The van der Waals surface area contributed by atoms with E-state index in [1.807, 2.05) is 0 Å². The third kappa shape index (κ3) is 2.40. The Morgan fingerprint density at radius 2 is 1.86 bits per heavy atom. The Bertz CT molecular complexity index is 202. The van der Waals surface area contributed by atoms with Gasteiger partial charge in [0.05, 0.1) is 0 Å². The van der Waals surface area contributed by atoms with Crippen LogP contribution in [0, 0.1) is 23.7 Å². The van der Waals surface area contributed by atoms with Gasteiger partial charge in [0.15, 0.2) is 0 Å². The van der Waals surface area contributed by atoms with Crippen molar-refractivity contribution in [3.05, 3.63) is 12.2 Å². The average Bonchev–Trinajstić information content (AvgIpc) is 2.90. The van der Waals surface area contributed by atoms with E-state index < -0.39 is 0 Å². The first-order chi connectivity index (χ1) is 6.79. The number of allylic oxidation sites excluding steroid dienone is 2. The lowest BCUT2D eigenvalue weighted by Gasteiger charge is -2.21. The van der Waals surface area contributed by atoms with E-state index in [-0.39, 0.29) is 0 Å². The van der Waals surface area contributed by atoms with Crippen molar-refractivity contribution < 1.29 is 0 Å². The molecule has 80 valence electrons. The molecule has 2 rings (SSSR count). The summed E-state index contributed by atoms with van der Waals surface area (Å²) in [6, 6.07) is 0. The van der Waals surface area contributed by atoms with Gasteiger partial charge in [-0.1, -0.05) is 26.0 Å². The molecule has 0 spiro atoms. The lowest BCUT2D eigenvalue weighted by molar-refractivity contribution is 0.294. The summed E-state index contributed by atoms with van der Waals surface area (Å²) >= 11 is 0. The maximum atomic E-state index is 2.42. The molecule has 0 heteroatoms. The molecule has 0 N–H and O–H groups in total. The van der Waals surface area contributed by atoms with Gasteiger partial charge in [-0.2, -0.15) is 0 Å². The third-order valence-corrected chi connectivity index (χ3v) is 4.16. The summed E-state index contributed by atoms with van der Waals surface area (Å²) in [5.74, 6) is 4.13. The first-order valence-electron chi connectivity index (χ1n) is 6.44. The molecule has 0 nitrogen and oxygen atoms in total. The quantitative estimate of drug-likeness (QED) is 0.540. The molecule has 3 unspecified atom stereocenters. The van der Waals surface area contributed by atoms with Crippen LogP contribution in [0.1, 0.15) is 52.4 Å². The van der Waals surface area contributed by atoms with Crippen LogP contribution >= 0.6 is 0 Å². The van der Waals surface area contributed by atoms with Crippen LogP contribution in [0.2, 0.25) is 0 Å². The van der Waals surface area contributed by atoms with Crippen molar-refractivity contribution in [2.75, 3.05) is 0 Å². The maximum Gasteiger partial charge on any atom is -0.0348 e. The van der Waals surface area contributed by atoms with E-state index >= 15 is 0 Å². The number of hydrogen-bond acceptors (Lipinski definition) is 0. The molecule has 0 amide bonds. The topological polar surface area (TPSA) is 0 Å². The zero-order valence-electron chi connectivity index (χ0n) is 9.71.